The normalized spacial score (nSPS) is 26.0. The summed E-state index contributed by atoms with van der Waals surface area (Å²) in [5.41, 5.74) is 0.956. The van der Waals surface area contributed by atoms with Gasteiger partial charge in [0.15, 0.2) is 11.6 Å². The van der Waals surface area contributed by atoms with Crippen molar-refractivity contribution in [3.05, 3.63) is 47.8 Å². The number of unbranched alkanes of at least 4 members (excludes halogenated alkanes) is 3. The molecule has 0 N–H and O–H groups in total. The first kappa shape index (κ1) is 24.9. The summed E-state index contributed by atoms with van der Waals surface area (Å²) >= 11 is 0. The number of carbonyl (C=O) groups excluding carboxylic acids is 1. The Balaban J connectivity index is 1.26. The molecule has 2 aliphatic carbocycles. The van der Waals surface area contributed by atoms with E-state index in [1.807, 2.05) is 0 Å². The van der Waals surface area contributed by atoms with Gasteiger partial charge in [-0.05, 0) is 86.3 Å². The van der Waals surface area contributed by atoms with E-state index < -0.39 is 23.4 Å². The van der Waals surface area contributed by atoms with Crippen LogP contribution in [-0.4, -0.2) is 12.6 Å². The van der Waals surface area contributed by atoms with E-state index in [2.05, 4.69) is 6.58 Å². The molecule has 0 spiro atoms. The van der Waals surface area contributed by atoms with Gasteiger partial charge in [0.05, 0.1) is 6.61 Å². The molecule has 0 aromatic heterocycles. The first-order chi connectivity index (χ1) is 15.4. The van der Waals surface area contributed by atoms with Crippen LogP contribution in [0.1, 0.15) is 95.0 Å². The Kier molecular flexibility index (Phi) is 9.68. The lowest BCUT2D eigenvalue weighted by molar-refractivity contribution is -0.140. The number of halogens is 3. The summed E-state index contributed by atoms with van der Waals surface area (Å²) in [6.07, 6.45) is 15.3. The standard InChI is InChI=1S/C27H37F3O2/c1-19(28)27(31)32-17-5-3-2-4-6-20-7-9-21(10-8-20)22-11-13-23(14-12-22)24-15-16-25(29)26(30)18-24/h15-16,18,20-23H,1-14,17H2. The Morgan fingerprint density at radius 1 is 0.875 bits per heavy atom. The fraction of sp³-hybridized carbons (Fsp3) is 0.667. The summed E-state index contributed by atoms with van der Waals surface area (Å²) in [5, 5.41) is 0. The van der Waals surface area contributed by atoms with Gasteiger partial charge >= 0.3 is 5.97 Å². The molecule has 0 radical (unpaired) electrons. The number of esters is 1. The van der Waals surface area contributed by atoms with Crippen molar-refractivity contribution in [2.75, 3.05) is 6.61 Å². The number of ether oxygens (including phenoxy) is 1. The van der Waals surface area contributed by atoms with Crippen LogP contribution >= 0.6 is 0 Å². The van der Waals surface area contributed by atoms with Gasteiger partial charge in [-0.15, -0.1) is 0 Å². The summed E-state index contributed by atoms with van der Waals surface area (Å²) in [6.45, 7) is 3.20. The van der Waals surface area contributed by atoms with Gasteiger partial charge in [-0.3, -0.25) is 0 Å². The quantitative estimate of drug-likeness (QED) is 0.205. The summed E-state index contributed by atoms with van der Waals surface area (Å²) in [5.74, 6) is -0.636. The van der Waals surface area contributed by atoms with Crippen molar-refractivity contribution in [2.45, 2.75) is 89.4 Å². The maximum Gasteiger partial charge on any atom is 0.366 e. The van der Waals surface area contributed by atoms with Gasteiger partial charge in [-0.25, -0.2) is 13.6 Å². The van der Waals surface area contributed by atoms with Gasteiger partial charge in [-0.2, -0.15) is 4.39 Å². The molecule has 0 amide bonds. The third-order valence-electron chi connectivity index (χ3n) is 7.71. The minimum absolute atomic E-state index is 0.269. The molecule has 2 nitrogen and oxygen atoms in total. The summed E-state index contributed by atoms with van der Waals surface area (Å²) in [4.78, 5) is 11.0. The van der Waals surface area contributed by atoms with Crippen LogP contribution < -0.4 is 0 Å². The Morgan fingerprint density at radius 3 is 2.12 bits per heavy atom. The number of rotatable bonds is 10. The fourth-order valence-corrected chi connectivity index (χ4v) is 5.77. The van der Waals surface area contributed by atoms with Crippen molar-refractivity contribution in [3.8, 4) is 0 Å². The molecule has 0 heterocycles. The van der Waals surface area contributed by atoms with Gasteiger partial charge in [0, 0.05) is 0 Å². The average molecular weight is 451 g/mol. The van der Waals surface area contributed by atoms with Crippen LogP contribution in [0.4, 0.5) is 13.2 Å². The third-order valence-corrected chi connectivity index (χ3v) is 7.71. The van der Waals surface area contributed by atoms with E-state index in [0.717, 1.165) is 55.4 Å². The highest BCUT2D eigenvalue weighted by atomic mass is 19.2. The van der Waals surface area contributed by atoms with E-state index in [4.69, 9.17) is 4.74 Å². The number of carbonyl (C=O) groups is 1. The average Bonchev–Trinajstić information content (AvgIpc) is 2.80. The SMILES string of the molecule is C=C(F)C(=O)OCCCCCCC1CCC(C2CCC(c3ccc(F)c(F)c3)CC2)CC1. The first-order valence-electron chi connectivity index (χ1n) is 12.4. The van der Waals surface area contributed by atoms with Crippen molar-refractivity contribution in [1.29, 1.82) is 0 Å². The number of hydrogen-bond donors (Lipinski definition) is 0. The second-order valence-corrected chi connectivity index (χ2v) is 9.81. The number of hydrogen-bond acceptors (Lipinski definition) is 2. The van der Waals surface area contributed by atoms with Crippen molar-refractivity contribution >= 4 is 5.97 Å². The Hall–Kier alpha value is -1.78. The molecule has 32 heavy (non-hydrogen) atoms. The highest BCUT2D eigenvalue weighted by Crippen LogP contribution is 2.44. The molecular formula is C27H37F3O2. The highest BCUT2D eigenvalue weighted by molar-refractivity contribution is 5.85. The van der Waals surface area contributed by atoms with Gasteiger partial charge in [0.1, 0.15) is 0 Å². The van der Waals surface area contributed by atoms with Gasteiger partial charge in [-0.1, -0.05) is 51.2 Å². The zero-order chi connectivity index (χ0) is 22.9. The van der Waals surface area contributed by atoms with Crippen LogP contribution in [0.5, 0.6) is 0 Å². The molecule has 0 unspecified atom stereocenters. The molecule has 2 aliphatic rings. The fourth-order valence-electron chi connectivity index (χ4n) is 5.77. The van der Waals surface area contributed by atoms with Crippen molar-refractivity contribution in [2.24, 2.45) is 17.8 Å². The summed E-state index contributed by atoms with van der Waals surface area (Å²) in [6, 6.07) is 4.40. The Bertz CT molecular complexity index is 747. The molecule has 0 saturated heterocycles. The van der Waals surface area contributed by atoms with Crippen LogP contribution in [0.3, 0.4) is 0 Å². The molecule has 1 aromatic rings. The second kappa shape index (κ2) is 12.5. The van der Waals surface area contributed by atoms with Crippen LogP contribution in [0.2, 0.25) is 0 Å². The maximum atomic E-state index is 13.6. The molecule has 178 valence electrons. The van der Waals surface area contributed by atoms with E-state index >= 15 is 0 Å². The molecule has 2 saturated carbocycles. The summed E-state index contributed by atoms with van der Waals surface area (Å²) in [7, 11) is 0. The Morgan fingerprint density at radius 2 is 1.50 bits per heavy atom. The molecule has 0 aliphatic heterocycles. The monoisotopic (exact) mass is 450 g/mol. The zero-order valence-corrected chi connectivity index (χ0v) is 19.1. The number of benzene rings is 1. The van der Waals surface area contributed by atoms with E-state index in [1.165, 1.54) is 63.5 Å². The van der Waals surface area contributed by atoms with Crippen LogP contribution in [0, 0.1) is 29.4 Å². The predicted molar refractivity (Wildman–Crippen MR) is 121 cm³/mol. The van der Waals surface area contributed by atoms with E-state index in [0.29, 0.717) is 5.92 Å². The summed E-state index contributed by atoms with van der Waals surface area (Å²) < 4.78 is 44.0. The molecule has 0 bridgehead atoms. The topological polar surface area (TPSA) is 26.3 Å². The highest BCUT2D eigenvalue weighted by Gasteiger charge is 2.31. The van der Waals surface area contributed by atoms with E-state index in [1.54, 1.807) is 6.07 Å². The van der Waals surface area contributed by atoms with Crippen LogP contribution in [0.25, 0.3) is 0 Å². The lowest BCUT2D eigenvalue weighted by Crippen LogP contribution is -2.25. The van der Waals surface area contributed by atoms with Gasteiger partial charge in [0.2, 0.25) is 5.83 Å². The predicted octanol–water partition coefficient (Wildman–Crippen LogP) is 8.02. The molecule has 1 aromatic carbocycles. The third kappa shape index (κ3) is 7.38. The second-order valence-electron chi connectivity index (χ2n) is 9.81. The minimum atomic E-state index is -1.03. The molecule has 2 fully saturated rings. The van der Waals surface area contributed by atoms with Crippen molar-refractivity contribution in [1.82, 2.24) is 0 Å². The lowest BCUT2D eigenvalue weighted by atomic mass is 9.68. The van der Waals surface area contributed by atoms with Crippen LogP contribution in [0.15, 0.2) is 30.6 Å². The van der Waals surface area contributed by atoms with Gasteiger partial charge < -0.3 is 4.74 Å². The largest absolute Gasteiger partial charge is 0.460 e. The molecule has 0 atom stereocenters. The van der Waals surface area contributed by atoms with Crippen LogP contribution in [-0.2, 0) is 9.53 Å². The Labute approximate surface area is 190 Å². The van der Waals surface area contributed by atoms with Crippen molar-refractivity contribution < 1.29 is 22.7 Å². The minimum Gasteiger partial charge on any atom is -0.460 e. The maximum absolute atomic E-state index is 13.6. The first-order valence-corrected chi connectivity index (χ1v) is 12.4. The zero-order valence-electron chi connectivity index (χ0n) is 19.1. The molecular weight excluding hydrogens is 413 g/mol. The molecule has 5 heteroatoms. The smallest absolute Gasteiger partial charge is 0.366 e. The molecule has 3 rings (SSSR count). The van der Waals surface area contributed by atoms with Crippen molar-refractivity contribution in [3.63, 3.8) is 0 Å². The van der Waals surface area contributed by atoms with Gasteiger partial charge in [0.25, 0.3) is 0 Å². The van der Waals surface area contributed by atoms with E-state index in [9.17, 15) is 18.0 Å². The van der Waals surface area contributed by atoms with E-state index in [-0.39, 0.29) is 6.61 Å². The lowest BCUT2D eigenvalue weighted by Gasteiger charge is -2.38.